The first-order valence-corrected chi connectivity index (χ1v) is 6.89. The number of fused-ring (bicyclic) bond motifs is 1. The number of benzene rings is 1. The first-order chi connectivity index (χ1) is 9.35. The second-order valence-electron chi connectivity index (χ2n) is 4.92. The van der Waals surface area contributed by atoms with E-state index in [1.807, 2.05) is 0 Å². The van der Waals surface area contributed by atoms with Crippen LogP contribution in [0.4, 0.5) is 5.69 Å². The van der Waals surface area contributed by atoms with Crippen molar-refractivity contribution in [1.29, 1.82) is 0 Å². The molecule has 0 spiro atoms. The molecule has 1 atom stereocenters. The van der Waals surface area contributed by atoms with Gasteiger partial charge in [-0.1, -0.05) is 18.2 Å². The third-order valence-electron chi connectivity index (χ3n) is 3.68. The molecule has 4 heteroatoms. The molecule has 0 amide bonds. The van der Waals surface area contributed by atoms with Crippen LogP contribution in [0.25, 0.3) is 0 Å². The van der Waals surface area contributed by atoms with E-state index >= 15 is 0 Å². The number of anilines is 1. The van der Waals surface area contributed by atoms with E-state index in [4.69, 9.17) is 9.47 Å². The van der Waals surface area contributed by atoms with Gasteiger partial charge in [0.25, 0.3) is 0 Å². The fraction of sp³-hybridized carbons (Fsp3) is 0.600. The Morgan fingerprint density at radius 2 is 1.84 bits per heavy atom. The molecular weight excluding hydrogens is 240 g/mol. The van der Waals surface area contributed by atoms with Crippen LogP contribution < -0.4 is 5.32 Å². The number of hydrogen-bond acceptors (Lipinski definition) is 4. The number of ether oxygens (including phenoxy) is 2. The molecule has 106 valence electrons. The highest BCUT2D eigenvalue weighted by molar-refractivity contribution is 5.53. The monoisotopic (exact) mass is 264 g/mol. The van der Waals surface area contributed by atoms with Crippen LogP contribution in [-0.2, 0) is 15.9 Å². The molecule has 19 heavy (non-hydrogen) atoms. The molecular formula is C15H24N2O2. The van der Waals surface area contributed by atoms with Gasteiger partial charge in [0.15, 0.2) is 0 Å². The molecule has 1 N–H and O–H groups in total. The molecule has 1 heterocycles. The molecule has 0 saturated heterocycles. The van der Waals surface area contributed by atoms with Crippen molar-refractivity contribution in [1.82, 2.24) is 4.90 Å². The highest BCUT2D eigenvalue weighted by atomic mass is 16.5. The summed E-state index contributed by atoms with van der Waals surface area (Å²) in [5, 5.41) is 3.52. The van der Waals surface area contributed by atoms with Gasteiger partial charge < -0.3 is 14.8 Å². The van der Waals surface area contributed by atoms with Crippen molar-refractivity contribution in [2.24, 2.45) is 0 Å². The van der Waals surface area contributed by atoms with Crippen LogP contribution >= 0.6 is 0 Å². The Labute approximate surface area is 115 Å². The minimum absolute atomic E-state index is 0.514. The van der Waals surface area contributed by atoms with Gasteiger partial charge in [-0.05, 0) is 18.1 Å². The first kappa shape index (κ1) is 14.3. The summed E-state index contributed by atoms with van der Waals surface area (Å²) >= 11 is 0. The van der Waals surface area contributed by atoms with Crippen LogP contribution in [-0.4, -0.2) is 58.0 Å². The zero-order valence-corrected chi connectivity index (χ0v) is 11.9. The normalized spacial score (nSPS) is 18.2. The Kier molecular flexibility index (Phi) is 5.63. The predicted molar refractivity (Wildman–Crippen MR) is 77.7 cm³/mol. The number of methoxy groups -OCH3 is 2. The van der Waals surface area contributed by atoms with Crippen LogP contribution in [0, 0.1) is 0 Å². The van der Waals surface area contributed by atoms with Gasteiger partial charge in [0.2, 0.25) is 0 Å². The predicted octanol–water partition coefficient (Wildman–Crippen LogP) is 1.62. The minimum Gasteiger partial charge on any atom is -0.383 e. The quantitative estimate of drug-likeness (QED) is 0.811. The van der Waals surface area contributed by atoms with E-state index in [1.54, 1.807) is 14.2 Å². The summed E-state index contributed by atoms with van der Waals surface area (Å²) in [5.41, 5.74) is 2.68. The molecule has 1 aliphatic heterocycles. The number of nitrogens with one attached hydrogen (secondary N) is 1. The molecule has 0 bridgehead atoms. The number of para-hydroxylation sites is 1. The lowest BCUT2D eigenvalue weighted by Crippen LogP contribution is -2.46. The smallest absolute Gasteiger partial charge is 0.0589 e. The van der Waals surface area contributed by atoms with Crippen LogP contribution in [0.1, 0.15) is 5.56 Å². The molecule has 1 aliphatic rings. The van der Waals surface area contributed by atoms with E-state index in [9.17, 15) is 0 Å². The highest BCUT2D eigenvalue weighted by Gasteiger charge is 2.23. The van der Waals surface area contributed by atoms with Gasteiger partial charge in [0.1, 0.15) is 0 Å². The zero-order valence-electron chi connectivity index (χ0n) is 11.9. The average molecular weight is 264 g/mol. The fourth-order valence-electron chi connectivity index (χ4n) is 2.58. The van der Waals surface area contributed by atoms with E-state index in [0.29, 0.717) is 6.04 Å². The van der Waals surface area contributed by atoms with Crippen molar-refractivity contribution in [2.45, 2.75) is 12.5 Å². The molecule has 0 aromatic heterocycles. The zero-order chi connectivity index (χ0) is 13.5. The number of nitrogens with zero attached hydrogens (tertiary/aromatic N) is 1. The van der Waals surface area contributed by atoms with Crippen LogP contribution in [0.5, 0.6) is 0 Å². The topological polar surface area (TPSA) is 33.7 Å². The second-order valence-corrected chi connectivity index (χ2v) is 4.92. The van der Waals surface area contributed by atoms with Crippen LogP contribution in [0.3, 0.4) is 0 Å². The average Bonchev–Trinajstić information content (AvgIpc) is 2.47. The Morgan fingerprint density at radius 3 is 2.53 bits per heavy atom. The fourth-order valence-corrected chi connectivity index (χ4v) is 2.58. The summed E-state index contributed by atoms with van der Waals surface area (Å²) in [6.45, 7) is 4.43. The van der Waals surface area contributed by atoms with Gasteiger partial charge in [0, 0.05) is 45.6 Å². The molecule has 4 nitrogen and oxygen atoms in total. The van der Waals surface area contributed by atoms with Crippen molar-refractivity contribution in [3.63, 3.8) is 0 Å². The largest absolute Gasteiger partial charge is 0.383 e. The molecule has 1 aromatic carbocycles. The number of hydrogen-bond donors (Lipinski definition) is 1. The van der Waals surface area contributed by atoms with E-state index in [2.05, 4.69) is 34.5 Å². The van der Waals surface area contributed by atoms with Crippen LogP contribution in [0.2, 0.25) is 0 Å². The van der Waals surface area contributed by atoms with Gasteiger partial charge >= 0.3 is 0 Å². The number of rotatable bonds is 7. The summed E-state index contributed by atoms with van der Waals surface area (Å²) in [7, 11) is 3.51. The molecule has 0 aliphatic carbocycles. The Hall–Kier alpha value is -1.10. The van der Waals surface area contributed by atoms with E-state index in [1.165, 1.54) is 11.3 Å². The lowest BCUT2D eigenvalue weighted by Gasteiger charge is -2.35. The molecule has 0 fully saturated rings. The maximum Gasteiger partial charge on any atom is 0.0589 e. The van der Waals surface area contributed by atoms with Gasteiger partial charge in [-0.25, -0.2) is 0 Å². The Bertz CT molecular complexity index is 376. The molecule has 1 aromatic rings. The van der Waals surface area contributed by atoms with Gasteiger partial charge in [0.05, 0.1) is 13.2 Å². The summed E-state index contributed by atoms with van der Waals surface area (Å²) in [6.07, 6.45) is 1.09. The van der Waals surface area contributed by atoms with Crippen molar-refractivity contribution in [2.75, 3.05) is 52.4 Å². The van der Waals surface area contributed by atoms with Gasteiger partial charge in [-0.15, -0.1) is 0 Å². The maximum atomic E-state index is 5.21. The van der Waals surface area contributed by atoms with E-state index in [-0.39, 0.29) is 0 Å². The van der Waals surface area contributed by atoms with E-state index in [0.717, 1.165) is 39.3 Å². The van der Waals surface area contributed by atoms with Gasteiger partial charge in [-0.3, -0.25) is 4.90 Å². The van der Waals surface area contributed by atoms with Crippen molar-refractivity contribution >= 4 is 5.69 Å². The maximum absolute atomic E-state index is 5.21. The lowest BCUT2D eigenvalue weighted by molar-refractivity contribution is 0.0894. The minimum atomic E-state index is 0.514. The highest BCUT2D eigenvalue weighted by Crippen LogP contribution is 2.23. The molecule has 0 radical (unpaired) electrons. The van der Waals surface area contributed by atoms with Gasteiger partial charge in [-0.2, -0.15) is 0 Å². The Morgan fingerprint density at radius 1 is 1.16 bits per heavy atom. The SMILES string of the molecule is COCCN(CCOC)C1CNc2ccccc2C1. The standard InChI is InChI=1S/C15H24N2O2/c1-18-9-7-17(8-10-19-2)14-11-13-5-3-4-6-15(13)16-12-14/h3-6,14,16H,7-12H2,1-2H3. The molecule has 0 saturated carbocycles. The van der Waals surface area contributed by atoms with Crippen molar-refractivity contribution in [3.05, 3.63) is 29.8 Å². The van der Waals surface area contributed by atoms with Crippen molar-refractivity contribution < 1.29 is 9.47 Å². The summed E-state index contributed by atoms with van der Waals surface area (Å²) in [5.74, 6) is 0. The summed E-state index contributed by atoms with van der Waals surface area (Å²) in [4.78, 5) is 2.45. The first-order valence-electron chi connectivity index (χ1n) is 6.89. The van der Waals surface area contributed by atoms with Crippen LogP contribution in [0.15, 0.2) is 24.3 Å². The Balaban J connectivity index is 1.98. The van der Waals surface area contributed by atoms with Crippen molar-refractivity contribution in [3.8, 4) is 0 Å². The third kappa shape index (κ3) is 3.93. The second kappa shape index (κ2) is 7.48. The lowest BCUT2D eigenvalue weighted by atomic mass is 9.98. The van der Waals surface area contributed by atoms with E-state index < -0.39 is 0 Å². The summed E-state index contributed by atoms with van der Waals surface area (Å²) in [6, 6.07) is 9.07. The molecule has 2 rings (SSSR count). The summed E-state index contributed by atoms with van der Waals surface area (Å²) < 4.78 is 10.4. The molecule has 1 unspecified atom stereocenters. The third-order valence-corrected chi connectivity index (χ3v) is 3.68.